The van der Waals surface area contributed by atoms with Crippen molar-refractivity contribution in [2.45, 2.75) is 45.3 Å². The number of nitrogens with zero attached hydrogens (tertiary/aromatic N) is 6. The first-order chi connectivity index (χ1) is 13.3. The zero-order chi connectivity index (χ0) is 18.9. The molecule has 0 radical (unpaired) electrons. The fourth-order valence-electron chi connectivity index (χ4n) is 3.73. The van der Waals surface area contributed by atoms with Crippen LogP contribution < -0.4 is 12.4 Å². The van der Waals surface area contributed by atoms with E-state index in [1.54, 1.807) is 7.11 Å². The van der Waals surface area contributed by atoms with Crippen LogP contribution >= 0.6 is 0 Å². The molecule has 3 rings (SSSR count). The van der Waals surface area contributed by atoms with Crippen LogP contribution in [0.5, 0.6) is 0 Å². The molecule has 0 spiro atoms. The predicted octanol–water partition coefficient (Wildman–Crippen LogP) is -0.627. The average molecular weight is 408 g/mol. The summed E-state index contributed by atoms with van der Waals surface area (Å²) in [5.41, 5.74) is 1.39. The number of methoxy groups -OCH3 is 1. The number of unbranched alkanes of at least 4 members (excludes halogenated alkanes) is 1. The normalized spacial score (nSPS) is 16.6. The van der Waals surface area contributed by atoms with Crippen molar-refractivity contribution in [1.29, 1.82) is 0 Å². The molecular weight excluding hydrogens is 376 g/mol. The first-order valence-corrected chi connectivity index (χ1v) is 10.1. The largest absolute Gasteiger partial charge is 1.00 e. The molecule has 28 heavy (non-hydrogen) atoms. The van der Waals surface area contributed by atoms with Crippen molar-refractivity contribution in [3.63, 3.8) is 0 Å². The van der Waals surface area contributed by atoms with Crippen LogP contribution in [0, 0.1) is 0 Å². The lowest BCUT2D eigenvalue weighted by Crippen LogP contribution is -3.00. The molecule has 1 aromatic heterocycles. The summed E-state index contributed by atoms with van der Waals surface area (Å²) in [6, 6.07) is 11.0. The minimum atomic E-state index is 0. The number of tetrazole rings is 1. The highest BCUT2D eigenvalue weighted by atomic mass is 35.5. The molecule has 1 unspecified atom stereocenters. The van der Waals surface area contributed by atoms with Gasteiger partial charge in [0.2, 0.25) is 0 Å². The van der Waals surface area contributed by atoms with Crippen LogP contribution in [0.1, 0.15) is 43.6 Å². The maximum atomic E-state index is 5.21. The molecule has 0 aliphatic carbocycles. The minimum absolute atomic E-state index is 0. The van der Waals surface area contributed by atoms with Gasteiger partial charge in [0.15, 0.2) is 5.82 Å². The van der Waals surface area contributed by atoms with Crippen LogP contribution in [0.4, 0.5) is 0 Å². The van der Waals surface area contributed by atoms with Gasteiger partial charge in [0.05, 0.1) is 19.2 Å². The average Bonchev–Trinajstić information content (AvgIpc) is 3.17. The third-order valence-electron chi connectivity index (χ3n) is 5.29. The summed E-state index contributed by atoms with van der Waals surface area (Å²) in [4.78, 5) is 5.10. The first-order valence-electron chi connectivity index (χ1n) is 10.1. The van der Waals surface area contributed by atoms with Crippen LogP contribution in [0.3, 0.4) is 0 Å². The SMILES string of the molecule is CCCCC(c1nnnn1CCOC)N1CCN(Cc2ccccc2)CC1.[Cl-]. The third-order valence-corrected chi connectivity index (χ3v) is 5.29. The van der Waals surface area contributed by atoms with Gasteiger partial charge in [0.25, 0.3) is 0 Å². The summed E-state index contributed by atoms with van der Waals surface area (Å²) in [7, 11) is 1.71. The molecule has 1 saturated heterocycles. The van der Waals surface area contributed by atoms with Crippen molar-refractivity contribution in [3.05, 3.63) is 41.7 Å². The molecule has 1 aliphatic rings. The zero-order valence-electron chi connectivity index (χ0n) is 17.0. The van der Waals surface area contributed by atoms with Gasteiger partial charge in [-0.3, -0.25) is 9.80 Å². The number of ether oxygens (including phenoxy) is 1. The van der Waals surface area contributed by atoms with Crippen molar-refractivity contribution in [2.75, 3.05) is 39.9 Å². The Morgan fingerprint density at radius 3 is 2.54 bits per heavy atom. The van der Waals surface area contributed by atoms with Crippen molar-refractivity contribution in [1.82, 2.24) is 30.0 Å². The Morgan fingerprint density at radius 2 is 1.86 bits per heavy atom. The van der Waals surface area contributed by atoms with Crippen molar-refractivity contribution in [3.8, 4) is 0 Å². The maximum Gasteiger partial charge on any atom is 0.168 e. The fraction of sp³-hybridized carbons (Fsp3) is 0.650. The second-order valence-corrected chi connectivity index (χ2v) is 7.21. The van der Waals surface area contributed by atoms with Gasteiger partial charge in [-0.1, -0.05) is 50.1 Å². The molecule has 7 nitrogen and oxygen atoms in total. The van der Waals surface area contributed by atoms with E-state index in [9.17, 15) is 0 Å². The molecule has 0 bridgehead atoms. The van der Waals surface area contributed by atoms with E-state index in [0.29, 0.717) is 13.2 Å². The minimum Gasteiger partial charge on any atom is -1.00 e. The fourth-order valence-corrected chi connectivity index (χ4v) is 3.73. The Labute approximate surface area is 174 Å². The molecule has 1 fully saturated rings. The zero-order valence-corrected chi connectivity index (χ0v) is 17.8. The smallest absolute Gasteiger partial charge is 0.168 e. The quantitative estimate of drug-likeness (QED) is 0.523. The van der Waals surface area contributed by atoms with Gasteiger partial charge >= 0.3 is 0 Å². The Balaban J connectivity index is 0.00000280. The van der Waals surface area contributed by atoms with Gasteiger partial charge in [0, 0.05) is 39.8 Å². The second-order valence-electron chi connectivity index (χ2n) is 7.21. The van der Waals surface area contributed by atoms with Crippen LogP contribution in [0.15, 0.2) is 30.3 Å². The molecule has 156 valence electrons. The van der Waals surface area contributed by atoms with Crippen LogP contribution in [-0.2, 0) is 17.8 Å². The molecule has 2 heterocycles. The second kappa shape index (κ2) is 12.1. The van der Waals surface area contributed by atoms with Gasteiger partial charge in [-0.2, -0.15) is 0 Å². The molecule has 1 aromatic carbocycles. The van der Waals surface area contributed by atoms with Crippen molar-refractivity contribution in [2.24, 2.45) is 0 Å². The van der Waals surface area contributed by atoms with Gasteiger partial charge in [-0.05, 0) is 22.4 Å². The van der Waals surface area contributed by atoms with Crippen LogP contribution in [0.2, 0.25) is 0 Å². The monoisotopic (exact) mass is 407 g/mol. The number of rotatable bonds is 10. The number of hydrogen-bond acceptors (Lipinski definition) is 6. The molecule has 0 N–H and O–H groups in total. The van der Waals surface area contributed by atoms with Crippen LogP contribution in [0.25, 0.3) is 0 Å². The van der Waals surface area contributed by atoms with Crippen LogP contribution in [-0.4, -0.2) is 69.9 Å². The molecule has 1 atom stereocenters. The number of halogens is 1. The molecule has 0 amide bonds. The molecule has 0 saturated carbocycles. The predicted molar refractivity (Wildman–Crippen MR) is 105 cm³/mol. The summed E-state index contributed by atoms with van der Waals surface area (Å²) in [5, 5.41) is 12.5. The number of aromatic nitrogens is 4. The summed E-state index contributed by atoms with van der Waals surface area (Å²) >= 11 is 0. The summed E-state index contributed by atoms with van der Waals surface area (Å²) in [6.45, 7) is 8.87. The summed E-state index contributed by atoms with van der Waals surface area (Å²) < 4.78 is 7.13. The van der Waals surface area contributed by atoms with E-state index in [2.05, 4.69) is 62.6 Å². The maximum absolute atomic E-state index is 5.21. The lowest BCUT2D eigenvalue weighted by molar-refractivity contribution is -0.00000629. The van der Waals surface area contributed by atoms with Gasteiger partial charge < -0.3 is 17.1 Å². The lowest BCUT2D eigenvalue weighted by atomic mass is 10.1. The van der Waals surface area contributed by atoms with E-state index in [4.69, 9.17) is 4.74 Å². The standard InChI is InChI=1S/C20H32N6O.ClH/c1-3-4-10-19(20-21-22-23-26(20)15-16-27-2)25-13-11-24(12-14-25)17-18-8-6-5-7-9-18;/h5-9,19H,3-4,10-17H2,1-2H3;1H/p-1. The molecule has 2 aromatic rings. The molecule has 1 aliphatic heterocycles. The van der Waals surface area contributed by atoms with Gasteiger partial charge in [0.1, 0.15) is 0 Å². The summed E-state index contributed by atoms with van der Waals surface area (Å²) in [5.74, 6) is 0.983. The van der Waals surface area contributed by atoms with Crippen molar-refractivity contribution >= 4 is 0 Å². The highest BCUT2D eigenvalue weighted by Gasteiger charge is 2.28. The Morgan fingerprint density at radius 1 is 1.11 bits per heavy atom. The number of hydrogen-bond donors (Lipinski definition) is 0. The van der Waals surface area contributed by atoms with E-state index >= 15 is 0 Å². The Hall–Kier alpha value is -1.54. The third kappa shape index (κ3) is 6.24. The Kier molecular flexibility index (Phi) is 9.84. The highest BCUT2D eigenvalue weighted by Crippen LogP contribution is 2.26. The van der Waals surface area contributed by atoms with Gasteiger partial charge in [-0.25, -0.2) is 4.68 Å². The first kappa shape index (κ1) is 22.7. The van der Waals surface area contributed by atoms with E-state index in [-0.39, 0.29) is 18.4 Å². The van der Waals surface area contributed by atoms with E-state index in [0.717, 1.165) is 45.0 Å². The molecular formula is C20H32ClN6O-. The van der Waals surface area contributed by atoms with E-state index in [1.165, 1.54) is 18.4 Å². The Bertz CT molecular complexity index is 660. The summed E-state index contributed by atoms with van der Waals surface area (Å²) in [6.07, 6.45) is 3.47. The van der Waals surface area contributed by atoms with E-state index < -0.39 is 0 Å². The highest BCUT2D eigenvalue weighted by molar-refractivity contribution is 5.14. The van der Waals surface area contributed by atoms with Crippen molar-refractivity contribution < 1.29 is 17.1 Å². The topological polar surface area (TPSA) is 59.3 Å². The number of benzene rings is 1. The number of piperazine rings is 1. The molecule has 8 heteroatoms. The van der Waals surface area contributed by atoms with E-state index in [1.807, 2.05) is 4.68 Å². The lowest BCUT2D eigenvalue weighted by Gasteiger charge is -2.38. The van der Waals surface area contributed by atoms with Gasteiger partial charge in [-0.15, -0.1) is 5.10 Å².